The molecule has 0 heterocycles. The number of aliphatic hydroxyl groups is 1. The van der Waals surface area contributed by atoms with Crippen LogP contribution in [-0.2, 0) is 6.42 Å². The van der Waals surface area contributed by atoms with Gasteiger partial charge in [0.25, 0.3) is 0 Å². The summed E-state index contributed by atoms with van der Waals surface area (Å²) in [4.78, 5) is 0. The molecule has 1 aromatic rings. The minimum Gasteiger partial charge on any atom is -0.392 e. The van der Waals surface area contributed by atoms with Crippen LogP contribution >= 0.6 is 11.6 Å². The highest BCUT2D eigenvalue weighted by atomic mass is 35.5. The van der Waals surface area contributed by atoms with Crippen molar-refractivity contribution in [3.63, 3.8) is 0 Å². The third-order valence-electron chi connectivity index (χ3n) is 1.93. The Balaban J connectivity index is 2.45. The molecule has 0 saturated carbocycles. The van der Waals surface area contributed by atoms with Gasteiger partial charge in [-0.25, -0.2) is 0 Å². The second-order valence-electron chi connectivity index (χ2n) is 3.06. The van der Waals surface area contributed by atoms with Crippen LogP contribution in [0.4, 0.5) is 0 Å². The molecule has 0 bridgehead atoms. The van der Waals surface area contributed by atoms with E-state index in [0.717, 1.165) is 17.0 Å². The lowest BCUT2D eigenvalue weighted by Gasteiger charge is -2.06. The van der Waals surface area contributed by atoms with Crippen molar-refractivity contribution in [3.05, 3.63) is 34.9 Å². The molecule has 1 atom stereocenters. The SMILES string of the molecule is NCC(O)CCc1cccc(Cl)c1. The number of aliphatic hydroxyl groups excluding tert-OH is 1. The molecule has 0 aliphatic rings. The highest BCUT2D eigenvalue weighted by molar-refractivity contribution is 6.30. The van der Waals surface area contributed by atoms with Gasteiger partial charge < -0.3 is 10.8 Å². The van der Waals surface area contributed by atoms with Gasteiger partial charge in [0.15, 0.2) is 0 Å². The molecule has 1 unspecified atom stereocenters. The van der Waals surface area contributed by atoms with Crippen LogP contribution < -0.4 is 5.73 Å². The van der Waals surface area contributed by atoms with E-state index >= 15 is 0 Å². The van der Waals surface area contributed by atoms with Gasteiger partial charge in [-0.3, -0.25) is 0 Å². The third-order valence-corrected chi connectivity index (χ3v) is 2.16. The Labute approximate surface area is 83.3 Å². The van der Waals surface area contributed by atoms with E-state index in [2.05, 4.69) is 0 Å². The fraction of sp³-hybridized carbons (Fsp3) is 0.400. The van der Waals surface area contributed by atoms with E-state index in [1.807, 2.05) is 24.3 Å². The third kappa shape index (κ3) is 3.77. The van der Waals surface area contributed by atoms with Crippen molar-refractivity contribution in [1.29, 1.82) is 0 Å². The van der Waals surface area contributed by atoms with Gasteiger partial charge in [0.05, 0.1) is 6.10 Å². The normalized spacial score (nSPS) is 12.8. The lowest BCUT2D eigenvalue weighted by molar-refractivity contribution is 0.173. The van der Waals surface area contributed by atoms with Crippen LogP contribution in [-0.4, -0.2) is 17.8 Å². The molecule has 0 saturated heterocycles. The van der Waals surface area contributed by atoms with Crippen LogP contribution in [0.1, 0.15) is 12.0 Å². The first-order chi connectivity index (χ1) is 6.22. The summed E-state index contributed by atoms with van der Waals surface area (Å²) in [5, 5.41) is 9.97. The van der Waals surface area contributed by atoms with Crippen molar-refractivity contribution < 1.29 is 5.11 Å². The fourth-order valence-electron chi connectivity index (χ4n) is 1.14. The van der Waals surface area contributed by atoms with Gasteiger partial charge in [-0.15, -0.1) is 0 Å². The van der Waals surface area contributed by atoms with Crippen molar-refractivity contribution >= 4 is 11.6 Å². The van der Waals surface area contributed by atoms with Crippen LogP contribution in [0.2, 0.25) is 5.02 Å². The molecule has 1 rings (SSSR count). The van der Waals surface area contributed by atoms with E-state index in [4.69, 9.17) is 17.3 Å². The monoisotopic (exact) mass is 199 g/mol. The summed E-state index contributed by atoms with van der Waals surface area (Å²) in [5.41, 5.74) is 6.43. The van der Waals surface area contributed by atoms with Crippen molar-refractivity contribution in [1.82, 2.24) is 0 Å². The molecule has 1 aromatic carbocycles. The molecule has 0 fully saturated rings. The van der Waals surface area contributed by atoms with Gasteiger partial charge in [0.2, 0.25) is 0 Å². The minimum absolute atomic E-state index is 0.320. The van der Waals surface area contributed by atoms with Gasteiger partial charge >= 0.3 is 0 Å². The summed E-state index contributed by atoms with van der Waals surface area (Å²) in [7, 11) is 0. The van der Waals surface area contributed by atoms with Crippen molar-refractivity contribution in [3.8, 4) is 0 Å². The maximum Gasteiger partial charge on any atom is 0.0665 e. The largest absolute Gasteiger partial charge is 0.392 e. The quantitative estimate of drug-likeness (QED) is 0.774. The van der Waals surface area contributed by atoms with E-state index in [1.165, 1.54) is 0 Å². The molecule has 0 amide bonds. The number of halogens is 1. The average molecular weight is 200 g/mol. The van der Waals surface area contributed by atoms with Crippen LogP contribution in [0.25, 0.3) is 0 Å². The molecule has 3 N–H and O–H groups in total. The maximum absolute atomic E-state index is 9.23. The number of hydrogen-bond acceptors (Lipinski definition) is 2. The molecular formula is C10H14ClNO. The zero-order valence-electron chi connectivity index (χ0n) is 7.41. The predicted molar refractivity (Wildman–Crippen MR) is 54.8 cm³/mol. The summed E-state index contributed by atoms with van der Waals surface area (Å²) < 4.78 is 0. The summed E-state index contributed by atoms with van der Waals surface area (Å²) in [5.74, 6) is 0. The Hall–Kier alpha value is -0.570. The Morgan fingerprint density at radius 2 is 2.23 bits per heavy atom. The fourth-order valence-corrected chi connectivity index (χ4v) is 1.36. The predicted octanol–water partition coefficient (Wildman–Crippen LogP) is 1.59. The Bertz CT molecular complexity index is 265. The van der Waals surface area contributed by atoms with Crippen LogP contribution in [0.3, 0.4) is 0 Å². The van der Waals surface area contributed by atoms with Gasteiger partial charge in [-0.1, -0.05) is 23.7 Å². The highest BCUT2D eigenvalue weighted by Gasteiger charge is 2.01. The highest BCUT2D eigenvalue weighted by Crippen LogP contribution is 2.12. The van der Waals surface area contributed by atoms with Crippen LogP contribution in [0.5, 0.6) is 0 Å². The van der Waals surface area contributed by atoms with Gasteiger partial charge in [0, 0.05) is 11.6 Å². The van der Waals surface area contributed by atoms with Crippen molar-refractivity contribution in [2.24, 2.45) is 5.73 Å². The first-order valence-electron chi connectivity index (χ1n) is 4.35. The second-order valence-corrected chi connectivity index (χ2v) is 3.49. The lowest BCUT2D eigenvalue weighted by Crippen LogP contribution is -2.20. The van der Waals surface area contributed by atoms with E-state index < -0.39 is 6.10 Å². The Morgan fingerprint density at radius 1 is 1.46 bits per heavy atom. The zero-order chi connectivity index (χ0) is 9.68. The van der Waals surface area contributed by atoms with E-state index in [-0.39, 0.29) is 0 Å². The van der Waals surface area contributed by atoms with Gasteiger partial charge in [-0.2, -0.15) is 0 Å². The summed E-state index contributed by atoms with van der Waals surface area (Å²) in [6, 6.07) is 7.65. The molecule has 13 heavy (non-hydrogen) atoms. The minimum atomic E-state index is -0.404. The van der Waals surface area contributed by atoms with E-state index in [9.17, 15) is 5.11 Å². The number of aryl methyl sites for hydroxylation is 1. The van der Waals surface area contributed by atoms with E-state index in [0.29, 0.717) is 13.0 Å². The molecule has 2 nitrogen and oxygen atoms in total. The van der Waals surface area contributed by atoms with Crippen LogP contribution in [0, 0.1) is 0 Å². The molecule has 0 radical (unpaired) electrons. The first-order valence-corrected chi connectivity index (χ1v) is 4.72. The van der Waals surface area contributed by atoms with Crippen molar-refractivity contribution in [2.75, 3.05) is 6.54 Å². The maximum atomic E-state index is 9.23. The summed E-state index contributed by atoms with van der Waals surface area (Å²) >= 11 is 5.81. The molecule has 0 aliphatic heterocycles. The van der Waals surface area contributed by atoms with Gasteiger partial charge in [-0.05, 0) is 30.5 Å². The second kappa shape index (κ2) is 5.22. The lowest BCUT2D eigenvalue weighted by atomic mass is 10.1. The number of nitrogens with two attached hydrogens (primary N) is 1. The van der Waals surface area contributed by atoms with Crippen LogP contribution in [0.15, 0.2) is 24.3 Å². The summed E-state index contributed by atoms with van der Waals surface area (Å²) in [6.45, 7) is 0.320. The Kier molecular flexibility index (Phi) is 4.22. The summed E-state index contributed by atoms with van der Waals surface area (Å²) in [6.07, 6.45) is 1.11. The molecule has 0 aliphatic carbocycles. The zero-order valence-corrected chi connectivity index (χ0v) is 8.17. The molecule has 0 aromatic heterocycles. The number of hydrogen-bond donors (Lipinski definition) is 2. The average Bonchev–Trinajstić information content (AvgIpc) is 2.14. The Morgan fingerprint density at radius 3 is 2.85 bits per heavy atom. The standard InChI is InChI=1S/C10H14ClNO/c11-9-3-1-2-8(6-9)4-5-10(13)7-12/h1-3,6,10,13H,4-5,7,12H2. The molecular weight excluding hydrogens is 186 g/mol. The first kappa shape index (κ1) is 10.5. The smallest absolute Gasteiger partial charge is 0.0665 e. The van der Waals surface area contributed by atoms with E-state index in [1.54, 1.807) is 0 Å². The molecule has 0 spiro atoms. The van der Waals surface area contributed by atoms with Gasteiger partial charge in [0.1, 0.15) is 0 Å². The molecule has 72 valence electrons. The number of benzene rings is 1. The van der Waals surface area contributed by atoms with Crippen molar-refractivity contribution in [2.45, 2.75) is 18.9 Å². The topological polar surface area (TPSA) is 46.2 Å². The molecule has 3 heteroatoms. The number of rotatable bonds is 4.